The molecule has 2 bridgehead atoms. The van der Waals surface area contributed by atoms with Crippen molar-refractivity contribution in [3.8, 4) is 0 Å². The smallest absolute Gasteiger partial charge is 0.270 e. The SMILES string of the molecule is Cn1cccc1C(=O)N1C[C@H]2C[C@@H](C1)[C@H](Cc1cccc(F)c1)N1C(=O)CCC[C@@H]21. The van der Waals surface area contributed by atoms with Crippen LogP contribution in [-0.4, -0.2) is 51.4 Å². The van der Waals surface area contributed by atoms with Crippen molar-refractivity contribution < 1.29 is 14.0 Å². The van der Waals surface area contributed by atoms with Crippen molar-refractivity contribution in [3.63, 3.8) is 0 Å². The van der Waals surface area contributed by atoms with Gasteiger partial charge in [0, 0.05) is 44.8 Å². The van der Waals surface area contributed by atoms with E-state index in [1.54, 1.807) is 12.1 Å². The molecular weight excluding hydrogens is 381 g/mol. The van der Waals surface area contributed by atoms with Crippen molar-refractivity contribution in [2.24, 2.45) is 18.9 Å². The molecule has 1 aromatic carbocycles. The fourth-order valence-electron chi connectivity index (χ4n) is 5.95. The van der Waals surface area contributed by atoms with Crippen LogP contribution in [0.2, 0.25) is 0 Å². The number of amides is 2. The molecule has 0 saturated carbocycles. The maximum atomic E-state index is 13.8. The molecule has 0 spiro atoms. The van der Waals surface area contributed by atoms with Crippen LogP contribution >= 0.6 is 0 Å². The number of carbonyl (C=O) groups excluding carboxylic acids is 2. The van der Waals surface area contributed by atoms with E-state index in [9.17, 15) is 14.0 Å². The first-order valence-corrected chi connectivity index (χ1v) is 11.0. The number of aromatic nitrogens is 1. The van der Waals surface area contributed by atoms with Crippen molar-refractivity contribution in [2.75, 3.05) is 13.1 Å². The number of nitrogens with zero attached hydrogens (tertiary/aromatic N) is 3. The summed E-state index contributed by atoms with van der Waals surface area (Å²) in [4.78, 5) is 30.3. The van der Waals surface area contributed by atoms with Gasteiger partial charge in [0.05, 0.1) is 0 Å². The van der Waals surface area contributed by atoms with E-state index in [0.29, 0.717) is 37.5 Å². The van der Waals surface area contributed by atoms with Gasteiger partial charge in [-0.3, -0.25) is 9.59 Å². The number of halogens is 1. The predicted molar refractivity (Wildman–Crippen MR) is 111 cm³/mol. The van der Waals surface area contributed by atoms with E-state index in [2.05, 4.69) is 4.90 Å². The van der Waals surface area contributed by atoms with Crippen LogP contribution in [0.15, 0.2) is 42.6 Å². The van der Waals surface area contributed by atoms with Crippen molar-refractivity contribution in [2.45, 2.75) is 44.2 Å². The Hall–Kier alpha value is -2.63. The first-order valence-electron chi connectivity index (χ1n) is 11.0. The van der Waals surface area contributed by atoms with E-state index in [1.165, 1.54) is 6.07 Å². The number of benzene rings is 1. The summed E-state index contributed by atoms with van der Waals surface area (Å²) in [6.07, 6.45) is 6.08. The van der Waals surface area contributed by atoms with E-state index in [-0.39, 0.29) is 35.6 Å². The minimum absolute atomic E-state index is 0.0184. The number of hydrogen-bond donors (Lipinski definition) is 0. The molecular formula is C24H28FN3O2. The first-order chi connectivity index (χ1) is 14.5. The number of hydrogen-bond acceptors (Lipinski definition) is 2. The van der Waals surface area contributed by atoms with Crippen LogP contribution in [0.25, 0.3) is 0 Å². The third-order valence-corrected chi connectivity index (χ3v) is 7.28. The second-order valence-corrected chi connectivity index (χ2v) is 9.13. The van der Waals surface area contributed by atoms with E-state index in [0.717, 1.165) is 24.8 Å². The largest absolute Gasteiger partial charge is 0.347 e. The third-order valence-electron chi connectivity index (χ3n) is 7.28. The average molecular weight is 410 g/mol. The van der Waals surface area contributed by atoms with Gasteiger partial charge in [-0.2, -0.15) is 0 Å². The highest BCUT2D eigenvalue weighted by atomic mass is 19.1. The zero-order valence-electron chi connectivity index (χ0n) is 17.3. The molecule has 0 aliphatic carbocycles. The Bertz CT molecular complexity index is 971. The number of aryl methyl sites for hydroxylation is 1. The summed E-state index contributed by atoms with van der Waals surface area (Å²) in [5.74, 6) is 0.587. The summed E-state index contributed by atoms with van der Waals surface area (Å²) >= 11 is 0. The average Bonchev–Trinajstić information content (AvgIpc) is 3.16. The van der Waals surface area contributed by atoms with Gasteiger partial charge in [0.1, 0.15) is 11.5 Å². The Balaban J connectivity index is 1.45. The van der Waals surface area contributed by atoms with E-state index >= 15 is 0 Å². The Morgan fingerprint density at radius 3 is 2.77 bits per heavy atom. The molecule has 3 aliphatic rings. The lowest BCUT2D eigenvalue weighted by Crippen LogP contribution is -2.66. The van der Waals surface area contributed by atoms with E-state index < -0.39 is 0 Å². The second-order valence-electron chi connectivity index (χ2n) is 9.13. The lowest BCUT2D eigenvalue weighted by Gasteiger charge is -2.56. The molecule has 1 aromatic heterocycles. The van der Waals surface area contributed by atoms with Gasteiger partial charge >= 0.3 is 0 Å². The van der Waals surface area contributed by atoms with Crippen LogP contribution < -0.4 is 0 Å². The van der Waals surface area contributed by atoms with Gasteiger partial charge in [0.15, 0.2) is 0 Å². The fraction of sp³-hybridized carbons (Fsp3) is 0.500. The van der Waals surface area contributed by atoms with Gasteiger partial charge in [-0.15, -0.1) is 0 Å². The third kappa shape index (κ3) is 3.32. The molecule has 3 aliphatic heterocycles. The quantitative estimate of drug-likeness (QED) is 0.781. The molecule has 5 rings (SSSR count). The summed E-state index contributed by atoms with van der Waals surface area (Å²) in [6, 6.07) is 10.7. The molecule has 2 aromatic rings. The Labute approximate surface area is 176 Å². The number of likely N-dealkylation sites (tertiary alicyclic amines) is 1. The lowest BCUT2D eigenvalue weighted by molar-refractivity contribution is -0.151. The Kier molecular flexibility index (Phi) is 4.88. The molecule has 3 saturated heterocycles. The van der Waals surface area contributed by atoms with Crippen LogP contribution in [0.5, 0.6) is 0 Å². The van der Waals surface area contributed by atoms with Crippen LogP contribution in [0.1, 0.15) is 41.7 Å². The number of fused-ring (bicyclic) bond motifs is 4. The summed E-state index contributed by atoms with van der Waals surface area (Å²) in [5, 5.41) is 0. The van der Waals surface area contributed by atoms with Gasteiger partial charge < -0.3 is 14.4 Å². The van der Waals surface area contributed by atoms with Crippen LogP contribution in [0.4, 0.5) is 4.39 Å². The van der Waals surface area contributed by atoms with E-state index in [1.807, 2.05) is 40.9 Å². The molecule has 0 unspecified atom stereocenters. The molecule has 4 atom stereocenters. The van der Waals surface area contributed by atoms with E-state index in [4.69, 9.17) is 0 Å². The molecule has 6 heteroatoms. The zero-order chi connectivity index (χ0) is 20.8. The van der Waals surface area contributed by atoms with Gasteiger partial charge in [-0.1, -0.05) is 12.1 Å². The van der Waals surface area contributed by atoms with Gasteiger partial charge in [-0.05, 0) is 67.3 Å². The topological polar surface area (TPSA) is 45.6 Å². The van der Waals surface area contributed by atoms with Gasteiger partial charge in [0.2, 0.25) is 5.91 Å². The summed E-state index contributed by atoms with van der Waals surface area (Å²) in [6.45, 7) is 1.36. The molecule has 0 N–H and O–H groups in total. The van der Waals surface area contributed by atoms with Gasteiger partial charge in [-0.25, -0.2) is 4.39 Å². The van der Waals surface area contributed by atoms with Crippen LogP contribution in [-0.2, 0) is 18.3 Å². The van der Waals surface area contributed by atoms with Crippen molar-refractivity contribution in [1.29, 1.82) is 0 Å². The predicted octanol–water partition coefficient (Wildman–Crippen LogP) is 3.25. The summed E-state index contributed by atoms with van der Waals surface area (Å²) in [5.41, 5.74) is 1.62. The first kappa shape index (κ1) is 19.3. The normalized spacial score (nSPS) is 28.4. The minimum Gasteiger partial charge on any atom is -0.347 e. The van der Waals surface area contributed by atoms with Crippen LogP contribution in [0.3, 0.4) is 0 Å². The fourth-order valence-corrected chi connectivity index (χ4v) is 5.95. The molecule has 3 fully saturated rings. The van der Waals surface area contributed by atoms with Crippen molar-refractivity contribution in [3.05, 3.63) is 59.7 Å². The molecule has 5 nitrogen and oxygen atoms in total. The highest BCUT2D eigenvalue weighted by Gasteiger charge is 2.50. The molecule has 0 radical (unpaired) electrons. The highest BCUT2D eigenvalue weighted by molar-refractivity contribution is 5.93. The zero-order valence-corrected chi connectivity index (χ0v) is 17.3. The lowest BCUT2D eigenvalue weighted by atomic mass is 9.70. The minimum atomic E-state index is -0.244. The summed E-state index contributed by atoms with van der Waals surface area (Å²) < 4.78 is 15.7. The molecule has 158 valence electrons. The Morgan fingerprint density at radius 2 is 2.00 bits per heavy atom. The maximum Gasteiger partial charge on any atom is 0.270 e. The Morgan fingerprint density at radius 1 is 1.17 bits per heavy atom. The number of carbonyl (C=O) groups is 2. The van der Waals surface area contributed by atoms with Gasteiger partial charge in [0.25, 0.3) is 5.91 Å². The molecule has 4 heterocycles. The molecule has 30 heavy (non-hydrogen) atoms. The van der Waals surface area contributed by atoms with Crippen LogP contribution in [0, 0.1) is 17.7 Å². The molecule has 2 amide bonds. The number of rotatable bonds is 3. The second kappa shape index (κ2) is 7.56. The maximum absolute atomic E-state index is 13.8. The van der Waals surface area contributed by atoms with Crippen molar-refractivity contribution >= 4 is 11.8 Å². The monoisotopic (exact) mass is 409 g/mol. The standard InChI is InChI=1S/C24H28FN3O2/c1-26-10-4-8-21(26)24(30)27-14-17-13-18(15-27)22(12-16-5-2-6-19(25)11-16)28-20(17)7-3-9-23(28)29/h2,4-6,8,10-11,17-18,20,22H,3,7,9,12-15H2,1H3/t17-,18+,20+,22+/m1/s1. The number of piperidine rings is 3. The van der Waals surface area contributed by atoms with Crippen molar-refractivity contribution in [1.82, 2.24) is 14.4 Å². The summed E-state index contributed by atoms with van der Waals surface area (Å²) in [7, 11) is 1.90. The highest BCUT2D eigenvalue weighted by Crippen LogP contribution is 2.42.